The van der Waals surface area contributed by atoms with Crippen LogP contribution in [0.4, 0.5) is 0 Å². The van der Waals surface area contributed by atoms with Gasteiger partial charge in [-0.15, -0.1) is 0 Å². The third-order valence-corrected chi connectivity index (χ3v) is 0. The van der Waals surface area contributed by atoms with E-state index in [9.17, 15) is 0 Å². The Morgan fingerprint density at radius 3 is 0.700 bits per heavy atom. The predicted molar refractivity (Wildman–Crippen MR) is 19.3 cm³/mol. The molecule has 0 spiro atoms. The molecule has 0 amide bonds. The molecular formula is Al3O6Sm. The second kappa shape index (κ2) is 45.4. The SMILES string of the molecule is [O]=[Al][O-].[O]=[Al][O-].[O]=[Al][O-].[Sm+3]. The maximum Gasteiger partial charge on any atom is 3.00 e. The minimum Gasteiger partial charge on any atom is 3.00 e. The molecule has 0 bridgehead atoms. The van der Waals surface area contributed by atoms with Crippen molar-refractivity contribution >= 4 is 46.5 Å². The van der Waals surface area contributed by atoms with Crippen molar-refractivity contribution in [2.75, 3.05) is 0 Å². The molecule has 0 aromatic carbocycles. The van der Waals surface area contributed by atoms with Crippen LogP contribution in [0.5, 0.6) is 0 Å². The summed E-state index contributed by atoms with van der Waals surface area (Å²) in [7, 11) is 0. The van der Waals surface area contributed by atoms with E-state index in [1.807, 2.05) is 0 Å². The molecule has 0 aliphatic rings. The molecule has 0 aromatic heterocycles. The summed E-state index contributed by atoms with van der Waals surface area (Å²) in [5.41, 5.74) is 0. The Hall–Kier alpha value is 1.74. The second-order valence-electron chi connectivity index (χ2n) is 0.289. The van der Waals surface area contributed by atoms with E-state index in [-0.39, 0.29) is 40.4 Å². The minimum absolute atomic E-state index is 0. The van der Waals surface area contributed by atoms with Crippen LogP contribution in [0.1, 0.15) is 0 Å². The van der Waals surface area contributed by atoms with Gasteiger partial charge in [-0.2, -0.15) is 0 Å². The number of rotatable bonds is 0. The molecule has 0 aromatic rings. The van der Waals surface area contributed by atoms with Crippen molar-refractivity contribution in [3.8, 4) is 0 Å². The fourth-order valence-electron chi connectivity index (χ4n) is 0. The predicted octanol–water partition coefficient (Wildman–Crippen LogP) is -5.07. The molecule has 6 nitrogen and oxygen atoms in total. The molecule has 1 radical (unpaired) electrons. The van der Waals surface area contributed by atoms with Crippen molar-refractivity contribution in [1.82, 2.24) is 0 Å². The second-order valence-corrected chi connectivity index (χ2v) is 0.866. The molecule has 0 rings (SSSR count). The average Bonchev–Trinajstić information content (AvgIpc) is 1.70. The van der Waals surface area contributed by atoms with E-state index in [1.54, 1.807) is 0 Å². The summed E-state index contributed by atoms with van der Waals surface area (Å²) in [5.74, 6) is 0. The Bertz CT molecular complexity index is 49.7. The van der Waals surface area contributed by atoms with E-state index in [0.717, 1.165) is 0 Å². The number of hydrogen-bond donors (Lipinski definition) is 0. The van der Waals surface area contributed by atoms with Gasteiger partial charge in [0.2, 0.25) is 0 Å². The Morgan fingerprint density at radius 1 is 0.700 bits per heavy atom. The zero-order valence-corrected chi connectivity index (χ0v) is 10.7. The third kappa shape index (κ3) is 247. The summed E-state index contributed by atoms with van der Waals surface area (Å²) in [6, 6.07) is 0. The maximum atomic E-state index is 8.46. The van der Waals surface area contributed by atoms with Gasteiger partial charge in [0.1, 0.15) is 0 Å². The quantitative estimate of drug-likeness (QED) is 0.411. The van der Waals surface area contributed by atoms with E-state index in [4.69, 9.17) is 23.9 Å². The average molecular weight is 327 g/mol. The molecule has 0 saturated heterocycles. The topological polar surface area (TPSA) is 120 Å². The molecule has 0 atom stereocenters. The number of hydrogen-bond acceptors (Lipinski definition) is 6. The van der Waals surface area contributed by atoms with Crippen LogP contribution in [0.3, 0.4) is 0 Å². The van der Waals surface area contributed by atoms with E-state index in [0.29, 0.717) is 0 Å². The molecule has 0 aliphatic carbocycles. The summed E-state index contributed by atoms with van der Waals surface area (Å²) < 4.78 is 50.8. The van der Waals surface area contributed by atoms with Crippen LogP contribution in [0, 0.1) is 40.4 Å². The van der Waals surface area contributed by atoms with Gasteiger partial charge in [0.15, 0.2) is 0 Å². The molecule has 0 saturated carbocycles. The molecule has 0 fully saturated rings. The molecule has 10 heavy (non-hydrogen) atoms. The van der Waals surface area contributed by atoms with E-state index < -0.39 is 46.5 Å². The molecular weight excluding hydrogens is 327 g/mol. The van der Waals surface area contributed by atoms with E-state index in [2.05, 4.69) is 0 Å². The van der Waals surface area contributed by atoms with Crippen molar-refractivity contribution in [2.45, 2.75) is 0 Å². The van der Waals surface area contributed by atoms with Gasteiger partial charge in [-0.3, -0.25) is 0 Å². The first-order valence-electron chi connectivity index (χ1n) is 1.41. The largest absolute Gasteiger partial charge is 3.00 e. The van der Waals surface area contributed by atoms with Gasteiger partial charge >= 0.3 is 111 Å². The minimum atomic E-state index is -1.75. The van der Waals surface area contributed by atoms with Crippen LogP contribution in [-0.2, 0) is 11.4 Å². The fourth-order valence-corrected chi connectivity index (χ4v) is 0. The Balaban J connectivity index is -0.0000000257. The van der Waals surface area contributed by atoms with Crippen LogP contribution < -0.4 is 12.5 Å². The van der Waals surface area contributed by atoms with Crippen LogP contribution >= 0.6 is 0 Å². The third-order valence-electron chi connectivity index (χ3n) is 0. The Morgan fingerprint density at radius 2 is 0.700 bits per heavy atom. The summed E-state index contributed by atoms with van der Waals surface area (Å²) >= 11 is -5.25. The van der Waals surface area contributed by atoms with Gasteiger partial charge in [0, 0.05) is 0 Å². The van der Waals surface area contributed by atoms with Gasteiger partial charge in [-0.05, 0) is 0 Å². The summed E-state index contributed by atoms with van der Waals surface area (Å²) in [6.07, 6.45) is 0. The molecule has 0 heterocycles. The van der Waals surface area contributed by atoms with Crippen LogP contribution in [-0.4, -0.2) is 46.5 Å². The van der Waals surface area contributed by atoms with Gasteiger partial charge in [-0.1, -0.05) is 0 Å². The van der Waals surface area contributed by atoms with Crippen LogP contribution in [0.2, 0.25) is 0 Å². The van der Waals surface area contributed by atoms with Crippen molar-refractivity contribution in [3.63, 3.8) is 0 Å². The van der Waals surface area contributed by atoms with Crippen LogP contribution in [0.25, 0.3) is 0 Å². The first kappa shape index (κ1) is 22.6. The Labute approximate surface area is 109 Å². The van der Waals surface area contributed by atoms with E-state index in [1.165, 1.54) is 0 Å². The Kier molecular flexibility index (Phi) is 103. The molecule has 51 valence electrons. The normalized spacial score (nSPS) is 2.40. The monoisotopic (exact) mass is 329 g/mol. The van der Waals surface area contributed by atoms with Crippen molar-refractivity contribution in [3.05, 3.63) is 0 Å². The fraction of sp³-hybridized carbons (Fsp3) is 0. The first-order valence-corrected chi connectivity index (χ1v) is 4.24. The van der Waals surface area contributed by atoms with Crippen molar-refractivity contribution in [2.24, 2.45) is 0 Å². The summed E-state index contributed by atoms with van der Waals surface area (Å²) in [6.45, 7) is 0. The van der Waals surface area contributed by atoms with Gasteiger partial charge < -0.3 is 0 Å². The van der Waals surface area contributed by atoms with Gasteiger partial charge in [0.05, 0.1) is 0 Å². The van der Waals surface area contributed by atoms with Crippen molar-refractivity contribution in [1.29, 1.82) is 0 Å². The smallest absolute Gasteiger partial charge is 3.00 e. The molecule has 0 unspecified atom stereocenters. The van der Waals surface area contributed by atoms with Crippen LogP contribution in [0.15, 0.2) is 0 Å². The standard InChI is InChI=1S/3Al.6O.Sm/q;;;;;;3*-1;+3. The maximum absolute atomic E-state index is 8.46. The van der Waals surface area contributed by atoms with Crippen molar-refractivity contribution < 1.29 is 64.3 Å². The van der Waals surface area contributed by atoms with Gasteiger partial charge in [-0.25, -0.2) is 0 Å². The molecule has 0 N–H and O–H groups in total. The molecule has 0 aliphatic heterocycles. The molecule has 10 heteroatoms. The van der Waals surface area contributed by atoms with E-state index >= 15 is 0 Å². The summed E-state index contributed by atoms with van der Waals surface area (Å²) in [4.78, 5) is 0. The van der Waals surface area contributed by atoms with Gasteiger partial charge in [0.25, 0.3) is 0 Å². The zero-order valence-electron chi connectivity index (χ0n) is 4.59. The zero-order chi connectivity index (χ0) is 8.12. The summed E-state index contributed by atoms with van der Waals surface area (Å²) in [5, 5.41) is 0. The first-order chi connectivity index (χ1) is 4.24.